The Kier molecular flexibility index (Phi) is 3.33. The fraction of sp³-hybridized carbons (Fsp3) is 0. The van der Waals surface area contributed by atoms with Crippen molar-refractivity contribution in [3.05, 3.63) is 60.8 Å². The summed E-state index contributed by atoms with van der Waals surface area (Å²) in [6.07, 6.45) is 1.83. The van der Waals surface area contributed by atoms with Crippen molar-refractivity contribution in [2.24, 2.45) is 0 Å². The molecule has 3 rings (SSSR count). The summed E-state index contributed by atoms with van der Waals surface area (Å²) in [5.74, 6) is 0. The summed E-state index contributed by atoms with van der Waals surface area (Å²) in [4.78, 5) is 0. The van der Waals surface area contributed by atoms with Gasteiger partial charge in [0.1, 0.15) is 5.69 Å². The minimum Gasteiger partial charge on any atom is -0.423 e. The normalized spacial score (nSPS) is 10.5. The van der Waals surface area contributed by atoms with Crippen molar-refractivity contribution in [3.63, 3.8) is 0 Å². The molecule has 0 bridgehead atoms. The van der Waals surface area contributed by atoms with Crippen LogP contribution in [0, 0.1) is 0 Å². The number of benzene rings is 2. The average molecular weight is 265 g/mol. The van der Waals surface area contributed by atoms with Crippen LogP contribution in [0.4, 0.5) is 0 Å². The van der Waals surface area contributed by atoms with Gasteiger partial charge in [-0.05, 0) is 17.6 Å². The van der Waals surface area contributed by atoms with Gasteiger partial charge in [0.05, 0.1) is 11.9 Å². The van der Waals surface area contributed by atoms with Gasteiger partial charge in [-0.15, -0.1) is 5.10 Å². The van der Waals surface area contributed by atoms with Crippen molar-refractivity contribution < 1.29 is 10.0 Å². The van der Waals surface area contributed by atoms with Crippen molar-refractivity contribution in [2.45, 2.75) is 0 Å². The molecule has 98 valence electrons. The van der Waals surface area contributed by atoms with Gasteiger partial charge < -0.3 is 10.0 Å². The number of aromatic nitrogens is 3. The molecule has 0 spiro atoms. The lowest BCUT2D eigenvalue weighted by molar-refractivity contribution is 0.426. The largest absolute Gasteiger partial charge is 0.488 e. The number of hydrogen-bond acceptors (Lipinski definition) is 4. The molecule has 0 atom stereocenters. The first kappa shape index (κ1) is 12.6. The zero-order valence-corrected chi connectivity index (χ0v) is 10.6. The van der Waals surface area contributed by atoms with Gasteiger partial charge in [0, 0.05) is 5.56 Å². The molecule has 5 nitrogen and oxygen atoms in total. The van der Waals surface area contributed by atoms with Gasteiger partial charge in [0.15, 0.2) is 0 Å². The van der Waals surface area contributed by atoms with Crippen LogP contribution in [0.2, 0.25) is 0 Å². The Labute approximate surface area is 116 Å². The molecule has 0 aliphatic rings. The zero-order valence-electron chi connectivity index (χ0n) is 10.6. The van der Waals surface area contributed by atoms with Crippen molar-refractivity contribution in [1.82, 2.24) is 15.0 Å². The topological polar surface area (TPSA) is 71.2 Å². The third kappa shape index (κ3) is 2.47. The number of nitrogens with zero attached hydrogens (tertiary/aromatic N) is 3. The van der Waals surface area contributed by atoms with Gasteiger partial charge in [-0.1, -0.05) is 47.7 Å². The molecule has 0 saturated heterocycles. The van der Waals surface area contributed by atoms with Gasteiger partial charge in [-0.3, -0.25) is 0 Å². The molecule has 1 heterocycles. The Balaban J connectivity index is 1.90. The Morgan fingerprint density at radius 1 is 0.900 bits per heavy atom. The third-order valence-electron chi connectivity index (χ3n) is 3.02. The quantitative estimate of drug-likeness (QED) is 0.681. The van der Waals surface area contributed by atoms with Crippen LogP contribution in [0.15, 0.2) is 60.8 Å². The molecule has 1 aromatic heterocycles. The van der Waals surface area contributed by atoms with E-state index < -0.39 is 7.12 Å². The summed E-state index contributed by atoms with van der Waals surface area (Å²) in [5, 5.41) is 26.3. The van der Waals surface area contributed by atoms with Crippen LogP contribution < -0.4 is 5.46 Å². The molecule has 20 heavy (non-hydrogen) atoms. The lowest BCUT2D eigenvalue weighted by Crippen LogP contribution is -2.29. The molecule has 0 aliphatic heterocycles. The molecule has 3 aromatic rings. The van der Waals surface area contributed by atoms with Crippen LogP contribution in [0.5, 0.6) is 0 Å². The van der Waals surface area contributed by atoms with Crippen molar-refractivity contribution in [3.8, 4) is 16.9 Å². The molecule has 6 heteroatoms. The summed E-state index contributed by atoms with van der Waals surface area (Å²) in [6, 6.07) is 16.6. The standard InChI is InChI=1S/C14H12BN3O2/c19-15(20)12-6-8-13(9-7-12)18-10-14(16-17-18)11-4-2-1-3-5-11/h1-10,19-20H. The SMILES string of the molecule is OB(O)c1ccc(-n2cc(-c3ccccc3)nn2)cc1. The van der Waals surface area contributed by atoms with Crippen LogP contribution in [0.25, 0.3) is 16.9 Å². The van der Waals surface area contributed by atoms with Gasteiger partial charge in [-0.2, -0.15) is 0 Å². The Morgan fingerprint density at radius 3 is 2.25 bits per heavy atom. The van der Waals surface area contributed by atoms with Crippen LogP contribution in [-0.2, 0) is 0 Å². The minimum atomic E-state index is -1.46. The Bertz CT molecular complexity index is 696. The van der Waals surface area contributed by atoms with E-state index in [1.165, 1.54) is 0 Å². The second-order valence-corrected chi connectivity index (χ2v) is 4.38. The van der Waals surface area contributed by atoms with Crippen LogP contribution >= 0.6 is 0 Å². The molecule has 0 aliphatic carbocycles. The fourth-order valence-corrected chi connectivity index (χ4v) is 1.93. The summed E-state index contributed by atoms with van der Waals surface area (Å²) in [5.41, 5.74) is 3.04. The van der Waals surface area contributed by atoms with Crippen molar-refractivity contribution in [2.75, 3.05) is 0 Å². The minimum absolute atomic E-state index is 0.442. The fourth-order valence-electron chi connectivity index (χ4n) is 1.93. The number of hydrogen-bond donors (Lipinski definition) is 2. The average Bonchev–Trinajstić information content (AvgIpc) is 2.98. The highest BCUT2D eigenvalue weighted by Gasteiger charge is 2.11. The van der Waals surface area contributed by atoms with E-state index in [-0.39, 0.29) is 0 Å². The maximum absolute atomic E-state index is 9.06. The lowest BCUT2D eigenvalue weighted by Gasteiger charge is -2.02. The van der Waals surface area contributed by atoms with E-state index in [4.69, 9.17) is 10.0 Å². The first-order valence-corrected chi connectivity index (χ1v) is 6.18. The summed E-state index contributed by atoms with van der Waals surface area (Å²) >= 11 is 0. The van der Waals surface area contributed by atoms with E-state index in [1.54, 1.807) is 28.9 Å². The predicted molar refractivity (Wildman–Crippen MR) is 76.6 cm³/mol. The molecule has 0 saturated carbocycles. The molecule has 0 unspecified atom stereocenters. The molecule has 0 fully saturated rings. The highest BCUT2D eigenvalue weighted by atomic mass is 16.4. The van der Waals surface area contributed by atoms with E-state index in [0.29, 0.717) is 5.46 Å². The zero-order chi connectivity index (χ0) is 13.9. The monoisotopic (exact) mass is 265 g/mol. The molecular weight excluding hydrogens is 253 g/mol. The van der Waals surface area contributed by atoms with Crippen LogP contribution in [-0.4, -0.2) is 32.2 Å². The van der Waals surface area contributed by atoms with Gasteiger partial charge in [0.25, 0.3) is 0 Å². The van der Waals surface area contributed by atoms with E-state index >= 15 is 0 Å². The van der Waals surface area contributed by atoms with Gasteiger partial charge in [-0.25, -0.2) is 4.68 Å². The third-order valence-corrected chi connectivity index (χ3v) is 3.02. The van der Waals surface area contributed by atoms with E-state index in [0.717, 1.165) is 16.9 Å². The van der Waals surface area contributed by atoms with E-state index in [1.807, 2.05) is 36.5 Å². The second-order valence-electron chi connectivity index (χ2n) is 4.38. The maximum Gasteiger partial charge on any atom is 0.488 e. The molecule has 0 amide bonds. The van der Waals surface area contributed by atoms with E-state index in [2.05, 4.69) is 10.3 Å². The van der Waals surface area contributed by atoms with Crippen molar-refractivity contribution in [1.29, 1.82) is 0 Å². The molecule has 0 radical (unpaired) electrons. The molecule has 2 aromatic carbocycles. The van der Waals surface area contributed by atoms with Crippen molar-refractivity contribution >= 4 is 12.6 Å². The summed E-state index contributed by atoms with van der Waals surface area (Å²) in [7, 11) is -1.46. The first-order chi connectivity index (χ1) is 9.74. The second kappa shape index (κ2) is 5.28. The Morgan fingerprint density at radius 2 is 1.60 bits per heavy atom. The smallest absolute Gasteiger partial charge is 0.423 e. The maximum atomic E-state index is 9.06. The van der Waals surface area contributed by atoms with Crippen LogP contribution in [0.1, 0.15) is 0 Å². The van der Waals surface area contributed by atoms with Crippen LogP contribution in [0.3, 0.4) is 0 Å². The Hall–Kier alpha value is -2.44. The first-order valence-electron chi connectivity index (χ1n) is 6.18. The van der Waals surface area contributed by atoms with E-state index in [9.17, 15) is 0 Å². The summed E-state index contributed by atoms with van der Waals surface area (Å²) in [6.45, 7) is 0. The van der Waals surface area contributed by atoms with Gasteiger partial charge >= 0.3 is 7.12 Å². The van der Waals surface area contributed by atoms with Gasteiger partial charge in [0.2, 0.25) is 0 Å². The molecular formula is C14H12BN3O2. The number of rotatable bonds is 3. The molecule has 2 N–H and O–H groups in total. The highest BCUT2D eigenvalue weighted by molar-refractivity contribution is 6.58. The predicted octanol–water partition coefficient (Wildman–Crippen LogP) is 0.614. The highest BCUT2D eigenvalue weighted by Crippen LogP contribution is 2.16. The lowest BCUT2D eigenvalue weighted by atomic mass is 9.80. The summed E-state index contributed by atoms with van der Waals surface area (Å²) < 4.78 is 1.65.